The fourth-order valence-corrected chi connectivity index (χ4v) is 3.94. The van der Waals surface area contributed by atoms with Gasteiger partial charge in [0, 0.05) is 13.1 Å². The van der Waals surface area contributed by atoms with Gasteiger partial charge in [0.05, 0.1) is 18.8 Å². The van der Waals surface area contributed by atoms with Crippen LogP contribution in [-0.4, -0.2) is 50.1 Å². The summed E-state index contributed by atoms with van der Waals surface area (Å²) in [5.41, 5.74) is 2.16. The van der Waals surface area contributed by atoms with Gasteiger partial charge in [-0.05, 0) is 62.4 Å². The van der Waals surface area contributed by atoms with Crippen LogP contribution in [0.1, 0.15) is 31.7 Å². The van der Waals surface area contributed by atoms with E-state index in [0.29, 0.717) is 5.75 Å². The summed E-state index contributed by atoms with van der Waals surface area (Å²) in [7, 11) is 1.64. The van der Waals surface area contributed by atoms with E-state index in [1.165, 1.54) is 6.42 Å². The van der Waals surface area contributed by atoms with E-state index in [9.17, 15) is 4.79 Å². The van der Waals surface area contributed by atoms with Crippen LogP contribution < -0.4 is 15.4 Å². The van der Waals surface area contributed by atoms with Gasteiger partial charge in [0.2, 0.25) is 5.91 Å². The Kier molecular flexibility index (Phi) is 5.11. The van der Waals surface area contributed by atoms with Gasteiger partial charge in [0.15, 0.2) is 0 Å². The number of nitrogens with zero attached hydrogens (tertiary/aromatic N) is 1. The minimum atomic E-state index is -0.0346. The van der Waals surface area contributed by atoms with E-state index in [2.05, 4.69) is 22.5 Å². The van der Waals surface area contributed by atoms with E-state index >= 15 is 0 Å². The van der Waals surface area contributed by atoms with Crippen molar-refractivity contribution in [3.63, 3.8) is 0 Å². The van der Waals surface area contributed by atoms with Gasteiger partial charge in [0.1, 0.15) is 5.75 Å². The lowest BCUT2D eigenvalue weighted by Gasteiger charge is -2.32. The number of carbonyl (C=O) groups excluding carboxylic acids is 1. The molecule has 2 unspecified atom stereocenters. The zero-order chi connectivity index (χ0) is 17.2. The quantitative estimate of drug-likeness (QED) is 0.870. The summed E-state index contributed by atoms with van der Waals surface area (Å²) in [5, 5.41) is 6.54. The van der Waals surface area contributed by atoms with Gasteiger partial charge in [-0.1, -0.05) is 13.0 Å². The Hall–Kier alpha value is -1.59. The van der Waals surface area contributed by atoms with E-state index in [0.717, 1.165) is 50.3 Å². The minimum absolute atomic E-state index is 0.0346. The zero-order valence-corrected chi connectivity index (χ0v) is 15.0. The molecule has 0 bridgehead atoms. The first-order valence-corrected chi connectivity index (χ1v) is 8.91. The van der Waals surface area contributed by atoms with Crippen LogP contribution in [0.25, 0.3) is 0 Å². The summed E-state index contributed by atoms with van der Waals surface area (Å²) in [6, 6.07) is 5.83. The van der Waals surface area contributed by atoms with E-state index in [1.54, 1.807) is 7.11 Å². The summed E-state index contributed by atoms with van der Waals surface area (Å²) in [4.78, 5) is 15.2. The number of carbonyl (C=O) groups is 1. The molecule has 2 N–H and O–H groups in total. The second kappa shape index (κ2) is 7.11. The maximum absolute atomic E-state index is 12.9. The number of anilines is 1. The fourth-order valence-electron chi connectivity index (χ4n) is 3.94. The molecule has 3 rings (SSSR count). The third-order valence-electron chi connectivity index (χ3n) is 5.32. The van der Waals surface area contributed by atoms with Crippen molar-refractivity contribution in [3.8, 4) is 5.75 Å². The van der Waals surface area contributed by atoms with Crippen LogP contribution in [0.5, 0.6) is 5.75 Å². The van der Waals surface area contributed by atoms with Gasteiger partial charge in [-0.15, -0.1) is 0 Å². The molecule has 1 aromatic carbocycles. The molecule has 0 aliphatic carbocycles. The van der Waals surface area contributed by atoms with E-state index in [1.807, 2.05) is 25.1 Å². The highest BCUT2D eigenvalue weighted by atomic mass is 16.5. The summed E-state index contributed by atoms with van der Waals surface area (Å²) < 4.78 is 5.38. The molecule has 2 aliphatic rings. The minimum Gasteiger partial charge on any atom is -0.495 e. The Morgan fingerprint density at radius 1 is 1.50 bits per heavy atom. The first kappa shape index (κ1) is 17.2. The molecule has 5 nitrogen and oxygen atoms in total. The number of ether oxygens (including phenoxy) is 1. The van der Waals surface area contributed by atoms with Crippen LogP contribution in [0.15, 0.2) is 18.2 Å². The Bertz CT molecular complexity index is 596. The Morgan fingerprint density at radius 3 is 3.04 bits per heavy atom. The summed E-state index contributed by atoms with van der Waals surface area (Å²) >= 11 is 0. The number of rotatable bonds is 5. The predicted octanol–water partition coefficient (Wildman–Crippen LogP) is 2.41. The summed E-state index contributed by atoms with van der Waals surface area (Å²) in [6.07, 6.45) is 3.21. The maximum Gasteiger partial charge on any atom is 0.241 e. The lowest BCUT2D eigenvalue weighted by molar-refractivity contribution is -0.120. The van der Waals surface area contributed by atoms with Crippen molar-refractivity contribution in [2.24, 2.45) is 5.41 Å². The van der Waals surface area contributed by atoms with Gasteiger partial charge in [-0.3, -0.25) is 9.69 Å². The molecule has 5 heteroatoms. The maximum atomic E-state index is 12.9. The standard InChI is InChI=1S/C19H29N3O2/c1-14-6-7-17(24-3)15(11-14)21-18(23)16-5-4-10-22(16)13-19(2)8-9-20-12-19/h6-7,11,16,20H,4-5,8-10,12-13H2,1-3H3,(H,21,23). The Morgan fingerprint density at radius 2 is 2.33 bits per heavy atom. The largest absolute Gasteiger partial charge is 0.495 e. The molecule has 0 aromatic heterocycles. The number of amides is 1. The average Bonchev–Trinajstić information content (AvgIpc) is 3.17. The van der Waals surface area contributed by atoms with Crippen molar-refractivity contribution in [3.05, 3.63) is 23.8 Å². The van der Waals surface area contributed by atoms with Crippen molar-refractivity contribution in [2.45, 2.75) is 39.2 Å². The van der Waals surface area contributed by atoms with Gasteiger partial charge in [0.25, 0.3) is 0 Å². The second-order valence-electron chi connectivity index (χ2n) is 7.56. The highest BCUT2D eigenvalue weighted by Gasteiger charge is 2.37. The van der Waals surface area contributed by atoms with Crippen LogP contribution in [0.4, 0.5) is 5.69 Å². The molecular formula is C19H29N3O2. The molecule has 1 amide bonds. The van der Waals surface area contributed by atoms with Gasteiger partial charge >= 0.3 is 0 Å². The van der Waals surface area contributed by atoms with Crippen molar-refractivity contribution >= 4 is 11.6 Å². The van der Waals surface area contributed by atoms with Crippen LogP contribution in [0, 0.1) is 12.3 Å². The van der Waals surface area contributed by atoms with E-state index < -0.39 is 0 Å². The van der Waals surface area contributed by atoms with Gasteiger partial charge in [-0.2, -0.15) is 0 Å². The number of aryl methyl sites for hydroxylation is 1. The molecule has 1 aromatic rings. The molecule has 0 radical (unpaired) electrons. The third-order valence-corrected chi connectivity index (χ3v) is 5.32. The highest BCUT2D eigenvalue weighted by molar-refractivity contribution is 5.96. The third kappa shape index (κ3) is 3.73. The monoisotopic (exact) mass is 331 g/mol. The number of likely N-dealkylation sites (tertiary alicyclic amines) is 1. The van der Waals surface area contributed by atoms with Crippen LogP contribution >= 0.6 is 0 Å². The topological polar surface area (TPSA) is 53.6 Å². The van der Waals surface area contributed by atoms with E-state index in [-0.39, 0.29) is 17.4 Å². The molecule has 0 saturated carbocycles. The molecule has 2 aliphatic heterocycles. The lowest BCUT2D eigenvalue weighted by atomic mass is 9.89. The van der Waals surface area contributed by atoms with Crippen LogP contribution in [0.2, 0.25) is 0 Å². The fraction of sp³-hybridized carbons (Fsp3) is 0.632. The number of hydrogen-bond acceptors (Lipinski definition) is 4. The number of benzene rings is 1. The SMILES string of the molecule is COc1ccc(C)cc1NC(=O)C1CCCN1CC1(C)CCNC1. The predicted molar refractivity (Wildman–Crippen MR) is 96.5 cm³/mol. The molecule has 24 heavy (non-hydrogen) atoms. The van der Waals surface area contributed by atoms with Crippen LogP contribution in [0.3, 0.4) is 0 Å². The number of nitrogens with one attached hydrogen (secondary N) is 2. The first-order valence-electron chi connectivity index (χ1n) is 8.91. The van der Waals surface area contributed by atoms with Crippen molar-refractivity contribution in [2.75, 3.05) is 38.6 Å². The van der Waals surface area contributed by atoms with Crippen molar-refractivity contribution < 1.29 is 9.53 Å². The van der Waals surface area contributed by atoms with Crippen molar-refractivity contribution in [1.29, 1.82) is 0 Å². The smallest absolute Gasteiger partial charge is 0.241 e. The van der Waals surface area contributed by atoms with Gasteiger partial charge < -0.3 is 15.4 Å². The van der Waals surface area contributed by atoms with Crippen LogP contribution in [-0.2, 0) is 4.79 Å². The highest BCUT2D eigenvalue weighted by Crippen LogP contribution is 2.31. The zero-order valence-electron chi connectivity index (χ0n) is 15.0. The molecule has 2 heterocycles. The molecule has 2 saturated heterocycles. The van der Waals surface area contributed by atoms with E-state index in [4.69, 9.17) is 4.74 Å². The lowest BCUT2D eigenvalue weighted by Crippen LogP contribution is -2.45. The molecular weight excluding hydrogens is 302 g/mol. The molecule has 2 atom stereocenters. The average molecular weight is 331 g/mol. The van der Waals surface area contributed by atoms with Crippen molar-refractivity contribution in [1.82, 2.24) is 10.2 Å². The normalized spacial score (nSPS) is 27.4. The molecule has 0 spiro atoms. The molecule has 2 fully saturated rings. The number of methoxy groups -OCH3 is 1. The van der Waals surface area contributed by atoms with Gasteiger partial charge in [-0.25, -0.2) is 0 Å². The second-order valence-corrected chi connectivity index (χ2v) is 7.56. The molecule has 132 valence electrons. The Balaban J connectivity index is 1.68. The Labute approximate surface area is 144 Å². The first-order chi connectivity index (χ1) is 11.5. The summed E-state index contributed by atoms with van der Waals surface area (Å²) in [6.45, 7) is 8.47. The number of hydrogen-bond donors (Lipinski definition) is 2. The summed E-state index contributed by atoms with van der Waals surface area (Å²) in [5.74, 6) is 0.802.